The van der Waals surface area contributed by atoms with E-state index in [9.17, 15) is 4.79 Å². The lowest BCUT2D eigenvalue weighted by Crippen LogP contribution is -2.37. The van der Waals surface area contributed by atoms with Crippen molar-refractivity contribution in [2.24, 2.45) is 10.7 Å². The van der Waals surface area contributed by atoms with Crippen LogP contribution in [0.15, 0.2) is 28.8 Å². The fraction of sp³-hybridized carbons (Fsp3) is 0.571. The first kappa shape index (κ1) is 16.6. The zero-order valence-corrected chi connectivity index (χ0v) is 11.9. The van der Waals surface area contributed by atoms with Gasteiger partial charge in [-0.2, -0.15) is 0 Å². The maximum absolute atomic E-state index is 10.7. The number of likely N-dealkylation sites (N-methyl/N-ethyl adjacent to an activating group) is 1. The van der Waals surface area contributed by atoms with Gasteiger partial charge in [0, 0.05) is 25.8 Å². The van der Waals surface area contributed by atoms with Crippen LogP contribution in [0.2, 0.25) is 0 Å². The topological polar surface area (TPSA) is 58.7 Å². The second-order valence-corrected chi connectivity index (χ2v) is 3.99. The number of carbonyl (C=O) groups is 1. The Bertz CT molecular complexity index is 332. The number of nitrogens with two attached hydrogens (primary N) is 1. The molecule has 2 N–H and O–H groups in total. The molecule has 1 atom stereocenters. The summed E-state index contributed by atoms with van der Waals surface area (Å²) in [6.45, 7) is 7.91. The number of amides is 1. The van der Waals surface area contributed by atoms with Crippen molar-refractivity contribution in [3.63, 3.8) is 0 Å². The molecule has 0 spiro atoms. The molecule has 0 bridgehead atoms. The van der Waals surface area contributed by atoms with Gasteiger partial charge in [0.15, 0.2) is 0 Å². The highest BCUT2D eigenvalue weighted by molar-refractivity contribution is 5.85. The summed E-state index contributed by atoms with van der Waals surface area (Å²) in [4.78, 5) is 17.1. The molecule has 18 heavy (non-hydrogen) atoms. The molecule has 0 aliphatic heterocycles. The molecule has 1 unspecified atom stereocenters. The monoisotopic (exact) mass is 251 g/mol. The summed E-state index contributed by atoms with van der Waals surface area (Å²) in [6, 6.07) is 0.321. The Labute approximate surface area is 110 Å². The Morgan fingerprint density at radius 1 is 1.44 bits per heavy atom. The van der Waals surface area contributed by atoms with Crippen molar-refractivity contribution in [1.29, 1.82) is 0 Å². The zero-order chi connectivity index (χ0) is 14.0. The number of hydrogen-bond donors (Lipinski definition) is 1. The van der Waals surface area contributed by atoms with Crippen LogP contribution >= 0.6 is 0 Å². The van der Waals surface area contributed by atoms with Gasteiger partial charge in [0.2, 0.25) is 5.91 Å². The highest BCUT2D eigenvalue weighted by Gasteiger charge is 2.16. The predicted octanol–water partition coefficient (Wildman–Crippen LogP) is 1.78. The first-order valence-electron chi connectivity index (χ1n) is 6.38. The van der Waals surface area contributed by atoms with Crippen molar-refractivity contribution >= 4 is 12.1 Å². The van der Waals surface area contributed by atoms with Crippen LogP contribution in [-0.2, 0) is 4.79 Å². The Balaban J connectivity index is 4.81. The minimum Gasteiger partial charge on any atom is -0.366 e. The van der Waals surface area contributed by atoms with E-state index in [-0.39, 0.29) is 0 Å². The average molecular weight is 251 g/mol. The van der Waals surface area contributed by atoms with Crippen molar-refractivity contribution < 1.29 is 4.79 Å². The predicted molar refractivity (Wildman–Crippen MR) is 77.8 cm³/mol. The lowest BCUT2D eigenvalue weighted by atomic mass is 10.0. The van der Waals surface area contributed by atoms with Crippen LogP contribution in [0.4, 0.5) is 0 Å². The zero-order valence-electron chi connectivity index (χ0n) is 11.9. The van der Waals surface area contributed by atoms with Crippen LogP contribution in [0.25, 0.3) is 0 Å². The van der Waals surface area contributed by atoms with Crippen LogP contribution in [0.5, 0.6) is 0 Å². The van der Waals surface area contributed by atoms with E-state index in [1.54, 1.807) is 7.05 Å². The highest BCUT2D eigenvalue weighted by atomic mass is 16.1. The molecule has 0 heterocycles. The van der Waals surface area contributed by atoms with Crippen molar-refractivity contribution in [3.8, 4) is 0 Å². The fourth-order valence-corrected chi connectivity index (χ4v) is 1.99. The van der Waals surface area contributed by atoms with Gasteiger partial charge in [-0.1, -0.05) is 26.0 Å². The number of hydrogen-bond acceptors (Lipinski definition) is 3. The molecule has 0 aliphatic rings. The first-order chi connectivity index (χ1) is 8.60. The van der Waals surface area contributed by atoms with Crippen LogP contribution in [-0.4, -0.2) is 43.2 Å². The summed E-state index contributed by atoms with van der Waals surface area (Å²) >= 11 is 0. The van der Waals surface area contributed by atoms with Crippen LogP contribution < -0.4 is 5.73 Å². The quantitative estimate of drug-likeness (QED) is 0.528. The van der Waals surface area contributed by atoms with E-state index < -0.39 is 5.91 Å². The Kier molecular flexibility index (Phi) is 8.84. The normalized spacial score (nSPS) is 14.8. The third kappa shape index (κ3) is 5.77. The average Bonchev–Trinajstić information content (AvgIpc) is 2.35. The van der Waals surface area contributed by atoms with Gasteiger partial charge in [-0.25, -0.2) is 0 Å². The molecule has 1 amide bonds. The Hall–Kier alpha value is -1.42. The summed E-state index contributed by atoms with van der Waals surface area (Å²) in [5.74, 6) is -0.402. The van der Waals surface area contributed by atoms with Gasteiger partial charge in [-0.15, -0.1) is 0 Å². The maximum atomic E-state index is 10.7. The van der Waals surface area contributed by atoms with E-state index in [1.165, 1.54) is 11.6 Å². The smallest absolute Gasteiger partial charge is 0.241 e. The van der Waals surface area contributed by atoms with E-state index in [1.807, 2.05) is 19.2 Å². The lowest BCUT2D eigenvalue weighted by Gasteiger charge is -2.29. The number of aliphatic imine (C=N–C) groups is 1. The second-order valence-electron chi connectivity index (χ2n) is 3.99. The molecule has 0 saturated heterocycles. The van der Waals surface area contributed by atoms with Crippen molar-refractivity contribution in [2.75, 3.05) is 20.1 Å². The molecular weight excluding hydrogens is 226 g/mol. The molecule has 0 radical (unpaired) electrons. The SMILES string of the molecule is C/C=C(\C=N/C)C(CC)N(CC)C/C=C/C(N)=O. The summed E-state index contributed by atoms with van der Waals surface area (Å²) < 4.78 is 0. The van der Waals surface area contributed by atoms with Gasteiger partial charge in [-0.3, -0.25) is 14.7 Å². The molecule has 0 aromatic carbocycles. The minimum absolute atomic E-state index is 0.321. The Morgan fingerprint density at radius 2 is 2.11 bits per heavy atom. The van der Waals surface area contributed by atoms with Gasteiger partial charge < -0.3 is 5.73 Å². The standard InChI is InChI=1S/C14H25N3O/c1-5-12(11-16-4)13(6-2)17(7-3)10-8-9-14(15)18/h5,8-9,11,13H,6-7,10H2,1-4H3,(H2,15,18)/b9-8+,12-5+,16-11-. The summed E-state index contributed by atoms with van der Waals surface area (Å²) in [5, 5.41) is 0. The van der Waals surface area contributed by atoms with Crippen LogP contribution in [0.1, 0.15) is 27.2 Å². The van der Waals surface area contributed by atoms with Gasteiger partial charge in [0.1, 0.15) is 0 Å². The van der Waals surface area contributed by atoms with Crippen molar-refractivity contribution in [2.45, 2.75) is 33.2 Å². The summed E-state index contributed by atoms with van der Waals surface area (Å²) in [7, 11) is 1.78. The van der Waals surface area contributed by atoms with Gasteiger partial charge in [-0.05, 0) is 31.5 Å². The fourth-order valence-electron chi connectivity index (χ4n) is 1.99. The molecule has 0 aromatic heterocycles. The first-order valence-corrected chi connectivity index (χ1v) is 6.38. The summed E-state index contributed by atoms with van der Waals surface area (Å²) in [6.07, 6.45) is 8.21. The molecule has 0 saturated carbocycles. The molecule has 4 nitrogen and oxygen atoms in total. The number of carbonyl (C=O) groups excluding carboxylic acids is 1. The van der Waals surface area contributed by atoms with E-state index in [2.05, 4.69) is 29.8 Å². The third-order valence-electron chi connectivity index (χ3n) is 2.85. The third-order valence-corrected chi connectivity index (χ3v) is 2.85. The van der Waals surface area contributed by atoms with E-state index >= 15 is 0 Å². The van der Waals surface area contributed by atoms with E-state index in [0.29, 0.717) is 12.6 Å². The van der Waals surface area contributed by atoms with Crippen molar-refractivity contribution in [1.82, 2.24) is 4.90 Å². The summed E-state index contributed by atoms with van der Waals surface area (Å²) in [5.41, 5.74) is 6.29. The molecular formula is C14H25N3O. The number of allylic oxidation sites excluding steroid dienone is 1. The van der Waals surface area contributed by atoms with Crippen LogP contribution in [0.3, 0.4) is 0 Å². The number of nitrogens with zero attached hydrogens (tertiary/aromatic N) is 2. The van der Waals surface area contributed by atoms with E-state index in [4.69, 9.17) is 5.73 Å². The van der Waals surface area contributed by atoms with Crippen LogP contribution in [0, 0.1) is 0 Å². The molecule has 102 valence electrons. The van der Waals surface area contributed by atoms with E-state index in [0.717, 1.165) is 13.0 Å². The van der Waals surface area contributed by atoms with Gasteiger partial charge in [0.25, 0.3) is 0 Å². The lowest BCUT2D eigenvalue weighted by molar-refractivity contribution is -0.113. The number of primary amides is 1. The molecule has 0 rings (SSSR count). The Morgan fingerprint density at radius 3 is 2.50 bits per heavy atom. The molecule has 0 aromatic rings. The van der Waals surface area contributed by atoms with Gasteiger partial charge in [0.05, 0.1) is 0 Å². The molecule has 0 aliphatic carbocycles. The minimum atomic E-state index is -0.402. The number of rotatable bonds is 8. The molecule has 0 fully saturated rings. The highest BCUT2D eigenvalue weighted by Crippen LogP contribution is 2.13. The largest absolute Gasteiger partial charge is 0.366 e. The molecule has 4 heteroatoms. The second kappa shape index (κ2) is 9.59. The maximum Gasteiger partial charge on any atom is 0.241 e. The van der Waals surface area contributed by atoms with Gasteiger partial charge >= 0.3 is 0 Å². The van der Waals surface area contributed by atoms with Crippen molar-refractivity contribution in [3.05, 3.63) is 23.8 Å².